The summed E-state index contributed by atoms with van der Waals surface area (Å²) >= 11 is 0. The highest BCUT2D eigenvalue weighted by molar-refractivity contribution is 5.40. The number of aliphatic hydroxyl groups is 1. The van der Waals surface area contributed by atoms with Gasteiger partial charge in [-0.3, -0.25) is 4.98 Å². The minimum absolute atomic E-state index is 0.0855. The molecule has 1 aromatic rings. The van der Waals surface area contributed by atoms with E-state index in [1.165, 1.54) is 0 Å². The normalized spacial score (nSPS) is 12.1. The fraction of sp³-hybridized carbons (Fsp3) is 0.500. The molecule has 1 atom stereocenters. The lowest BCUT2D eigenvalue weighted by atomic mass is 10.1. The van der Waals surface area contributed by atoms with Gasteiger partial charge in [0.25, 0.3) is 0 Å². The number of nitriles is 1. The molecule has 5 heteroatoms. The molecule has 1 aromatic heterocycles. The summed E-state index contributed by atoms with van der Waals surface area (Å²) in [6.45, 7) is 4.32. The highest BCUT2D eigenvalue weighted by atomic mass is 16.3. The van der Waals surface area contributed by atoms with Gasteiger partial charge in [0.2, 0.25) is 0 Å². The van der Waals surface area contributed by atoms with Crippen LogP contribution in [0.15, 0.2) is 6.20 Å². The van der Waals surface area contributed by atoms with Crippen LogP contribution in [0.25, 0.3) is 0 Å². The van der Waals surface area contributed by atoms with Crippen molar-refractivity contribution in [1.29, 1.82) is 5.26 Å². The summed E-state index contributed by atoms with van der Waals surface area (Å²) in [7, 11) is 0. The Balaban J connectivity index is 2.76. The zero-order chi connectivity index (χ0) is 12.8. The average molecular weight is 235 g/mol. The van der Waals surface area contributed by atoms with Crippen molar-refractivity contribution in [1.82, 2.24) is 10.3 Å². The van der Waals surface area contributed by atoms with Crippen LogP contribution in [0.5, 0.6) is 5.75 Å². The second-order valence-corrected chi connectivity index (χ2v) is 4.02. The lowest BCUT2D eigenvalue weighted by molar-refractivity contribution is 0.278. The lowest BCUT2D eigenvalue weighted by Crippen LogP contribution is -2.21. The van der Waals surface area contributed by atoms with Gasteiger partial charge in [-0.1, -0.05) is 0 Å². The molecule has 0 aliphatic heterocycles. The van der Waals surface area contributed by atoms with Crippen LogP contribution in [0.2, 0.25) is 0 Å². The Morgan fingerprint density at radius 1 is 1.59 bits per heavy atom. The SMILES string of the molecule is Cc1ncc(CO)c(CNCC(C)C#N)c1O. The molecule has 0 radical (unpaired) electrons. The fourth-order valence-corrected chi connectivity index (χ4v) is 1.48. The highest BCUT2D eigenvalue weighted by Crippen LogP contribution is 2.23. The first kappa shape index (κ1) is 13.4. The lowest BCUT2D eigenvalue weighted by Gasteiger charge is -2.12. The third-order valence-corrected chi connectivity index (χ3v) is 2.57. The van der Waals surface area contributed by atoms with Gasteiger partial charge in [0.1, 0.15) is 5.75 Å². The van der Waals surface area contributed by atoms with Crippen LogP contribution in [-0.4, -0.2) is 21.7 Å². The summed E-state index contributed by atoms with van der Waals surface area (Å²) in [6, 6.07) is 2.12. The Kier molecular flexibility index (Phi) is 4.88. The number of pyridine rings is 1. The summed E-state index contributed by atoms with van der Waals surface area (Å²) in [5.41, 5.74) is 1.78. The molecule has 0 aromatic carbocycles. The van der Waals surface area contributed by atoms with E-state index in [2.05, 4.69) is 16.4 Å². The number of aliphatic hydroxyl groups excluding tert-OH is 1. The van der Waals surface area contributed by atoms with Gasteiger partial charge in [-0.05, 0) is 13.8 Å². The molecule has 3 N–H and O–H groups in total. The number of nitrogens with zero attached hydrogens (tertiary/aromatic N) is 2. The van der Waals surface area contributed by atoms with Gasteiger partial charge in [-0.2, -0.15) is 5.26 Å². The van der Waals surface area contributed by atoms with Gasteiger partial charge in [0.05, 0.1) is 24.3 Å². The van der Waals surface area contributed by atoms with E-state index in [9.17, 15) is 5.11 Å². The maximum Gasteiger partial charge on any atom is 0.141 e. The Hall–Kier alpha value is -1.64. The van der Waals surface area contributed by atoms with Crippen molar-refractivity contribution in [3.8, 4) is 11.8 Å². The summed E-state index contributed by atoms with van der Waals surface area (Å²) in [5.74, 6) is 0.0197. The molecule has 1 unspecified atom stereocenters. The molecule has 1 rings (SSSR count). The topological polar surface area (TPSA) is 89.2 Å². The summed E-state index contributed by atoms with van der Waals surface area (Å²) < 4.78 is 0. The highest BCUT2D eigenvalue weighted by Gasteiger charge is 2.11. The van der Waals surface area contributed by atoms with Crippen molar-refractivity contribution >= 4 is 0 Å². The maximum absolute atomic E-state index is 9.85. The van der Waals surface area contributed by atoms with E-state index in [1.54, 1.807) is 13.1 Å². The molecule has 1 heterocycles. The van der Waals surface area contributed by atoms with Crippen LogP contribution >= 0.6 is 0 Å². The minimum Gasteiger partial charge on any atom is -0.506 e. The van der Waals surface area contributed by atoms with E-state index in [-0.39, 0.29) is 18.3 Å². The van der Waals surface area contributed by atoms with Crippen LogP contribution in [0.4, 0.5) is 0 Å². The van der Waals surface area contributed by atoms with Crippen LogP contribution in [0.1, 0.15) is 23.7 Å². The summed E-state index contributed by atoms with van der Waals surface area (Å²) in [6.07, 6.45) is 1.56. The standard InChI is InChI=1S/C12H17N3O2/c1-8(3-13)4-14-6-11-10(7-16)5-15-9(2)12(11)17/h5,8,14,16-17H,4,6-7H2,1-2H3. The molecule has 0 saturated heterocycles. The Labute approximate surface area is 101 Å². The van der Waals surface area contributed by atoms with Crippen molar-refractivity contribution < 1.29 is 10.2 Å². The molecule has 0 bridgehead atoms. The maximum atomic E-state index is 9.85. The molecule has 17 heavy (non-hydrogen) atoms. The molecule has 0 aliphatic carbocycles. The largest absolute Gasteiger partial charge is 0.506 e. The number of hydrogen-bond donors (Lipinski definition) is 3. The number of nitrogens with one attached hydrogen (secondary N) is 1. The number of aromatic hydroxyl groups is 1. The molecular weight excluding hydrogens is 218 g/mol. The predicted octanol–water partition coefficient (Wildman–Crippen LogP) is 0.837. The van der Waals surface area contributed by atoms with Gasteiger partial charge in [-0.15, -0.1) is 0 Å². The Morgan fingerprint density at radius 2 is 2.29 bits per heavy atom. The van der Waals surface area contributed by atoms with Crippen molar-refractivity contribution in [2.24, 2.45) is 5.92 Å². The first-order valence-corrected chi connectivity index (χ1v) is 5.47. The van der Waals surface area contributed by atoms with Crippen molar-refractivity contribution in [2.45, 2.75) is 27.0 Å². The zero-order valence-corrected chi connectivity index (χ0v) is 10.1. The minimum atomic E-state index is -0.161. The second kappa shape index (κ2) is 6.18. The number of hydrogen-bond acceptors (Lipinski definition) is 5. The first-order chi connectivity index (χ1) is 8.10. The molecule has 92 valence electrons. The van der Waals surface area contributed by atoms with E-state index >= 15 is 0 Å². The van der Waals surface area contributed by atoms with Gasteiger partial charge in [-0.25, -0.2) is 0 Å². The smallest absolute Gasteiger partial charge is 0.141 e. The van der Waals surface area contributed by atoms with Crippen LogP contribution < -0.4 is 5.32 Å². The van der Waals surface area contributed by atoms with Crippen LogP contribution in [0.3, 0.4) is 0 Å². The molecule has 0 amide bonds. The quantitative estimate of drug-likeness (QED) is 0.703. The third-order valence-electron chi connectivity index (χ3n) is 2.57. The molecule has 0 fully saturated rings. The first-order valence-electron chi connectivity index (χ1n) is 5.47. The zero-order valence-electron chi connectivity index (χ0n) is 10.1. The van der Waals surface area contributed by atoms with Crippen molar-refractivity contribution in [2.75, 3.05) is 6.54 Å². The van der Waals surface area contributed by atoms with Crippen molar-refractivity contribution in [3.05, 3.63) is 23.0 Å². The molecule has 5 nitrogen and oxygen atoms in total. The van der Waals surface area contributed by atoms with Gasteiger partial charge < -0.3 is 15.5 Å². The Bertz CT molecular complexity index is 426. The third kappa shape index (κ3) is 3.41. The summed E-state index contributed by atoms with van der Waals surface area (Å²) in [4.78, 5) is 3.98. The van der Waals surface area contributed by atoms with Gasteiger partial charge >= 0.3 is 0 Å². The van der Waals surface area contributed by atoms with Crippen LogP contribution in [0, 0.1) is 24.2 Å². The second-order valence-electron chi connectivity index (χ2n) is 4.02. The van der Waals surface area contributed by atoms with Crippen LogP contribution in [-0.2, 0) is 13.2 Å². The van der Waals surface area contributed by atoms with E-state index in [0.29, 0.717) is 29.9 Å². The predicted molar refractivity (Wildman–Crippen MR) is 63.0 cm³/mol. The van der Waals surface area contributed by atoms with E-state index in [0.717, 1.165) is 0 Å². The molecule has 0 spiro atoms. The molecule has 0 aliphatic rings. The number of aromatic nitrogens is 1. The molecular formula is C12H17N3O2. The fourth-order valence-electron chi connectivity index (χ4n) is 1.48. The van der Waals surface area contributed by atoms with Crippen molar-refractivity contribution in [3.63, 3.8) is 0 Å². The van der Waals surface area contributed by atoms with E-state index in [1.807, 2.05) is 6.92 Å². The number of aryl methyl sites for hydroxylation is 1. The number of rotatable bonds is 5. The van der Waals surface area contributed by atoms with Gasteiger partial charge in [0.15, 0.2) is 0 Å². The molecule has 0 saturated carbocycles. The average Bonchev–Trinajstić information content (AvgIpc) is 2.34. The monoisotopic (exact) mass is 235 g/mol. The van der Waals surface area contributed by atoms with E-state index in [4.69, 9.17) is 10.4 Å². The van der Waals surface area contributed by atoms with Gasteiger partial charge in [0, 0.05) is 30.4 Å². The van der Waals surface area contributed by atoms with E-state index < -0.39 is 0 Å². The Morgan fingerprint density at radius 3 is 2.88 bits per heavy atom. The summed E-state index contributed by atoms with van der Waals surface area (Å²) in [5, 5.41) is 30.7.